The summed E-state index contributed by atoms with van der Waals surface area (Å²) in [6.45, 7) is 6.28. The summed E-state index contributed by atoms with van der Waals surface area (Å²) < 4.78 is 27.5. The van der Waals surface area contributed by atoms with E-state index in [1.807, 2.05) is 0 Å². The molecule has 0 aliphatic heterocycles. The highest BCUT2D eigenvalue weighted by Crippen LogP contribution is 2.44. The van der Waals surface area contributed by atoms with Crippen molar-refractivity contribution in [2.24, 2.45) is 17.6 Å². The third-order valence-electron chi connectivity index (χ3n) is 2.54. The minimum absolute atomic E-state index is 0.0931. The normalized spacial score (nSPS) is 27.0. The Kier molecular flexibility index (Phi) is 3.24. The highest BCUT2D eigenvalue weighted by atomic mass is 35.5. The Bertz CT molecular complexity index is 344. The lowest BCUT2D eigenvalue weighted by molar-refractivity contribution is -0.0167. The Morgan fingerprint density at radius 3 is 2.53 bits per heavy atom. The van der Waals surface area contributed by atoms with Crippen LogP contribution in [0.4, 0.5) is 8.78 Å². The standard InChI is InChI=1S/C11H14ClF2N/c1-6(2)11(13,14)10-7(3)4-8(15)5-9(10)12/h4-5,7,10H,1,15H2,2-3H3/t7?,10-/m1/s1. The van der Waals surface area contributed by atoms with Crippen LogP contribution in [0.25, 0.3) is 0 Å². The molecule has 0 amide bonds. The van der Waals surface area contributed by atoms with Crippen molar-refractivity contribution in [3.05, 3.63) is 35.0 Å². The maximum Gasteiger partial charge on any atom is 0.276 e. The summed E-state index contributed by atoms with van der Waals surface area (Å²) in [5.74, 6) is -4.44. The van der Waals surface area contributed by atoms with Crippen LogP contribution >= 0.6 is 11.6 Å². The third-order valence-corrected chi connectivity index (χ3v) is 2.89. The number of rotatable bonds is 2. The SMILES string of the molecule is C=C(C)C(F)(F)[C@H]1C(Cl)=CC(N)=CC1C. The molecule has 15 heavy (non-hydrogen) atoms. The van der Waals surface area contributed by atoms with E-state index < -0.39 is 17.8 Å². The van der Waals surface area contributed by atoms with Crippen molar-refractivity contribution >= 4 is 11.6 Å². The molecule has 0 saturated heterocycles. The number of hydrogen-bond acceptors (Lipinski definition) is 1. The molecular formula is C11H14ClF2N. The van der Waals surface area contributed by atoms with Gasteiger partial charge in [-0.3, -0.25) is 0 Å². The van der Waals surface area contributed by atoms with Gasteiger partial charge in [-0.15, -0.1) is 0 Å². The number of halogens is 3. The number of hydrogen-bond donors (Lipinski definition) is 1. The van der Waals surface area contributed by atoms with Crippen molar-refractivity contribution in [2.75, 3.05) is 0 Å². The summed E-state index contributed by atoms with van der Waals surface area (Å²) in [7, 11) is 0. The molecule has 1 aliphatic rings. The monoisotopic (exact) mass is 233 g/mol. The molecule has 1 nitrogen and oxygen atoms in total. The van der Waals surface area contributed by atoms with Gasteiger partial charge in [0.25, 0.3) is 5.92 Å². The summed E-state index contributed by atoms with van der Waals surface area (Å²) in [5, 5.41) is 0.0931. The molecule has 0 radical (unpaired) electrons. The van der Waals surface area contributed by atoms with Gasteiger partial charge in [0, 0.05) is 10.7 Å². The Hall–Kier alpha value is -0.830. The molecule has 1 rings (SSSR count). The third kappa shape index (κ3) is 2.23. The summed E-state index contributed by atoms with van der Waals surface area (Å²) in [5.41, 5.74) is 5.78. The first-order chi connectivity index (χ1) is 6.76. The molecule has 4 heteroatoms. The number of allylic oxidation sites excluding steroid dienone is 4. The fourth-order valence-corrected chi connectivity index (χ4v) is 2.18. The molecule has 0 fully saturated rings. The van der Waals surface area contributed by atoms with Crippen LogP contribution in [0.2, 0.25) is 0 Å². The summed E-state index contributed by atoms with van der Waals surface area (Å²) in [6.07, 6.45) is 2.97. The highest BCUT2D eigenvalue weighted by Gasteiger charge is 2.45. The topological polar surface area (TPSA) is 26.0 Å². The van der Waals surface area contributed by atoms with Gasteiger partial charge in [-0.2, -0.15) is 0 Å². The molecule has 0 aromatic carbocycles. The fourth-order valence-electron chi connectivity index (χ4n) is 1.72. The van der Waals surface area contributed by atoms with Crippen LogP contribution in [0.3, 0.4) is 0 Å². The lowest BCUT2D eigenvalue weighted by atomic mass is 9.81. The zero-order chi connectivity index (χ0) is 11.8. The van der Waals surface area contributed by atoms with Crippen LogP contribution in [-0.2, 0) is 0 Å². The molecular weight excluding hydrogens is 220 g/mol. The molecule has 0 bridgehead atoms. The van der Waals surface area contributed by atoms with Gasteiger partial charge >= 0.3 is 0 Å². The first kappa shape index (κ1) is 12.2. The molecule has 0 heterocycles. The summed E-state index contributed by atoms with van der Waals surface area (Å²) in [6, 6.07) is 0. The molecule has 0 saturated carbocycles. The largest absolute Gasteiger partial charge is 0.399 e. The Morgan fingerprint density at radius 2 is 2.13 bits per heavy atom. The van der Waals surface area contributed by atoms with Gasteiger partial charge < -0.3 is 5.73 Å². The second-order valence-electron chi connectivity index (χ2n) is 3.94. The molecule has 2 N–H and O–H groups in total. The van der Waals surface area contributed by atoms with E-state index in [9.17, 15) is 8.78 Å². The van der Waals surface area contributed by atoms with Crippen LogP contribution < -0.4 is 5.73 Å². The molecule has 0 aromatic rings. The van der Waals surface area contributed by atoms with Gasteiger partial charge in [0.1, 0.15) is 0 Å². The second-order valence-corrected chi connectivity index (χ2v) is 4.37. The predicted octanol–water partition coefficient (Wildman–Crippen LogP) is 3.43. The van der Waals surface area contributed by atoms with Crippen LogP contribution in [-0.4, -0.2) is 5.92 Å². The smallest absolute Gasteiger partial charge is 0.276 e. The van der Waals surface area contributed by atoms with E-state index in [0.717, 1.165) is 0 Å². The first-order valence-electron chi connectivity index (χ1n) is 4.65. The van der Waals surface area contributed by atoms with E-state index in [-0.39, 0.29) is 10.6 Å². The summed E-state index contributed by atoms with van der Waals surface area (Å²) >= 11 is 5.82. The first-order valence-corrected chi connectivity index (χ1v) is 5.02. The number of alkyl halides is 2. The minimum atomic E-state index is -3.00. The Labute approximate surface area is 93.3 Å². The quantitative estimate of drug-likeness (QED) is 0.727. The average Bonchev–Trinajstić information content (AvgIpc) is 2.00. The Balaban J connectivity index is 3.08. The second kappa shape index (κ2) is 3.97. The van der Waals surface area contributed by atoms with E-state index in [4.69, 9.17) is 17.3 Å². The highest BCUT2D eigenvalue weighted by molar-refractivity contribution is 6.30. The lowest BCUT2D eigenvalue weighted by Crippen LogP contribution is -2.35. The maximum atomic E-state index is 13.8. The maximum absolute atomic E-state index is 13.8. The van der Waals surface area contributed by atoms with Crippen LogP contribution in [0.15, 0.2) is 35.0 Å². The predicted molar refractivity (Wildman–Crippen MR) is 58.6 cm³/mol. The van der Waals surface area contributed by atoms with Crippen molar-refractivity contribution < 1.29 is 8.78 Å². The van der Waals surface area contributed by atoms with Crippen molar-refractivity contribution in [2.45, 2.75) is 19.8 Å². The summed E-state index contributed by atoms with van der Waals surface area (Å²) in [4.78, 5) is 0. The van der Waals surface area contributed by atoms with E-state index >= 15 is 0 Å². The molecule has 0 aromatic heterocycles. The van der Waals surface area contributed by atoms with Crippen molar-refractivity contribution in [3.8, 4) is 0 Å². The molecule has 1 aliphatic carbocycles. The molecule has 2 atom stereocenters. The van der Waals surface area contributed by atoms with Gasteiger partial charge in [0.15, 0.2) is 0 Å². The van der Waals surface area contributed by atoms with Gasteiger partial charge in [-0.05, 0) is 24.5 Å². The Morgan fingerprint density at radius 1 is 1.60 bits per heavy atom. The van der Waals surface area contributed by atoms with Gasteiger partial charge in [-0.1, -0.05) is 31.2 Å². The average molecular weight is 234 g/mol. The van der Waals surface area contributed by atoms with Crippen LogP contribution in [0, 0.1) is 11.8 Å². The zero-order valence-corrected chi connectivity index (χ0v) is 9.48. The van der Waals surface area contributed by atoms with E-state index in [0.29, 0.717) is 5.70 Å². The van der Waals surface area contributed by atoms with Crippen LogP contribution in [0.5, 0.6) is 0 Å². The molecule has 1 unspecified atom stereocenters. The van der Waals surface area contributed by atoms with Gasteiger partial charge in [0.2, 0.25) is 0 Å². The minimum Gasteiger partial charge on any atom is -0.399 e. The lowest BCUT2D eigenvalue weighted by Gasteiger charge is -2.32. The van der Waals surface area contributed by atoms with Crippen molar-refractivity contribution in [1.29, 1.82) is 0 Å². The van der Waals surface area contributed by atoms with Crippen molar-refractivity contribution in [3.63, 3.8) is 0 Å². The molecule has 0 spiro atoms. The van der Waals surface area contributed by atoms with E-state index in [1.165, 1.54) is 13.0 Å². The zero-order valence-electron chi connectivity index (χ0n) is 8.73. The molecule has 84 valence electrons. The van der Waals surface area contributed by atoms with E-state index in [1.54, 1.807) is 13.0 Å². The fraction of sp³-hybridized carbons (Fsp3) is 0.455. The van der Waals surface area contributed by atoms with E-state index in [2.05, 4.69) is 6.58 Å². The van der Waals surface area contributed by atoms with Crippen molar-refractivity contribution in [1.82, 2.24) is 0 Å². The van der Waals surface area contributed by atoms with Gasteiger partial charge in [-0.25, -0.2) is 8.78 Å². The van der Waals surface area contributed by atoms with Crippen LogP contribution in [0.1, 0.15) is 13.8 Å². The number of nitrogens with two attached hydrogens (primary N) is 1. The van der Waals surface area contributed by atoms with Gasteiger partial charge in [0.05, 0.1) is 5.92 Å².